The lowest BCUT2D eigenvalue weighted by Crippen LogP contribution is -2.24. The molecular formula is C39H34N4. The molecule has 0 radical (unpaired) electrons. The van der Waals surface area contributed by atoms with Crippen molar-refractivity contribution in [2.24, 2.45) is 5.92 Å². The lowest BCUT2D eigenvalue weighted by molar-refractivity contribution is 0.560. The second-order valence-electron chi connectivity index (χ2n) is 12.3. The Labute approximate surface area is 252 Å². The third-order valence-electron chi connectivity index (χ3n) is 9.88. The fraction of sp³-hybridized carbons (Fsp3) is 0.205. The molecule has 0 aliphatic heterocycles. The molecule has 3 unspecified atom stereocenters. The molecule has 0 spiro atoms. The topological polar surface area (TPSA) is 54.6 Å². The number of hydrogen-bond donors (Lipinski definition) is 1. The summed E-state index contributed by atoms with van der Waals surface area (Å²) < 4.78 is 2.54. The Kier molecular flexibility index (Phi) is 5.77. The molecular weight excluding hydrogens is 524 g/mol. The summed E-state index contributed by atoms with van der Waals surface area (Å²) in [6.45, 7) is 8.36. The summed E-state index contributed by atoms with van der Waals surface area (Å²) in [6.07, 6.45) is 13.2. The summed E-state index contributed by atoms with van der Waals surface area (Å²) in [5.41, 5.74) is 11.5. The maximum atomic E-state index is 9.08. The molecule has 1 saturated carbocycles. The second kappa shape index (κ2) is 9.60. The van der Waals surface area contributed by atoms with E-state index in [-0.39, 0.29) is 5.41 Å². The molecule has 3 aliphatic rings. The lowest BCUT2D eigenvalue weighted by Gasteiger charge is -2.27. The van der Waals surface area contributed by atoms with Crippen LogP contribution in [0.3, 0.4) is 0 Å². The smallest absolute Gasteiger partial charge is 0.160 e. The van der Waals surface area contributed by atoms with Crippen molar-refractivity contribution in [2.45, 2.75) is 44.4 Å². The summed E-state index contributed by atoms with van der Waals surface area (Å²) in [5, 5.41) is 10.4. The zero-order valence-corrected chi connectivity index (χ0v) is 24.6. The van der Waals surface area contributed by atoms with Gasteiger partial charge in [0, 0.05) is 44.8 Å². The first-order chi connectivity index (χ1) is 21.0. The number of allylic oxidation sites excluding steroid dienone is 5. The highest BCUT2D eigenvalue weighted by Gasteiger charge is 2.44. The van der Waals surface area contributed by atoms with Gasteiger partial charge in [0.05, 0.1) is 22.6 Å². The van der Waals surface area contributed by atoms with Crippen LogP contribution in [0.5, 0.6) is 0 Å². The second-order valence-corrected chi connectivity index (χ2v) is 12.3. The predicted molar refractivity (Wildman–Crippen MR) is 176 cm³/mol. The van der Waals surface area contributed by atoms with Crippen LogP contribution in [0.4, 0.5) is 0 Å². The Balaban J connectivity index is 1.37. The van der Waals surface area contributed by atoms with Crippen molar-refractivity contribution >= 4 is 16.6 Å². The molecule has 3 atom stereocenters. The van der Waals surface area contributed by atoms with Gasteiger partial charge < -0.3 is 4.57 Å². The molecule has 1 fully saturated rings. The Morgan fingerprint density at radius 3 is 2.70 bits per heavy atom. The highest BCUT2D eigenvalue weighted by atomic mass is 15.0. The van der Waals surface area contributed by atoms with E-state index in [1.54, 1.807) is 12.2 Å². The number of aromatic nitrogens is 3. The maximum Gasteiger partial charge on any atom is 0.160 e. The third kappa shape index (κ3) is 3.79. The van der Waals surface area contributed by atoms with E-state index < -0.39 is 0 Å². The van der Waals surface area contributed by atoms with Gasteiger partial charge >= 0.3 is 0 Å². The minimum Gasteiger partial charge on any atom is -0.313 e. The van der Waals surface area contributed by atoms with Crippen LogP contribution in [0.1, 0.15) is 60.7 Å². The van der Waals surface area contributed by atoms with Crippen LogP contribution in [-0.2, 0) is 11.8 Å². The minimum atomic E-state index is -0.344. The van der Waals surface area contributed by atoms with Gasteiger partial charge in [0.15, 0.2) is 5.82 Å². The minimum absolute atomic E-state index is 0.344. The molecule has 43 heavy (non-hydrogen) atoms. The fourth-order valence-corrected chi connectivity index (χ4v) is 7.48. The largest absolute Gasteiger partial charge is 0.313 e. The van der Waals surface area contributed by atoms with Crippen LogP contribution >= 0.6 is 0 Å². The summed E-state index contributed by atoms with van der Waals surface area (Å²) in [6, 6.07) is 25.9. The lowest BCUT2D eigenvalue weighted by atomic mass is 9.76. The van der Waals surface area contributed by atoms with E-state index in [0.717, 1.165) is 35.2 Å². The quantitative estimate of drug-likeness (QED) is 0.128. The Morgan fingerprint density at radius 1 is 1.07 bits per heavy atom. The highest BCUT2D eigenvalue weighted by Crippen LogP contribution is 2.55. The number of fused-ring (bicyclic) bond motifs is 8. The van der Waals surface area contributed by atoms with Crippen LogP contribution < -0.4 is 0 Å². The monoisotopic (exact) mass is 558 g/mol. The fourth-order valence-electron chi connectivity index (χ4n) is 7.48. The first-order valence-corrected chi connectivity index (χ1v) is 15.3. The number of benzene rings is 3. The van der Waals surface area contributed by atoms with Gasteiger partial charge in [-0.25, -0.2) is 9.97 Å². The Hall–Kier alpha value is -4.83. The van der Waals surface area contributed by atoms with E-state index in [4.69, 9.17) is 15.4 Å². The predicted octanol–water partition coefficient (Wildman–Crippen LogP) is 9.11. The van der Waals surface area contributed by atoms with Gasteiger partial charge in [0.25, 0.3) is 0 Å². The SMILES string of the molecule is C=C/C=C\C(=N)c1nc(-c2ccccc2)nc2c1C(C)(CC)c1cc(-n3c4c(c5ccccc53)CC=CC3CC43)ccc1-2. The molecule has 210 valence electrons. The van der Waals surface area contributed by atoms with Crippen molar-refractivity contribution < 1.29 is 0 Å². The van der Waals surface area contributed by atoms with Gasteiger partial charge in [-0.05, 0) is 60.6 Å². The normalized spacial score (nSPS) is 21.3. The van der Waals surface area contributed by atoms with Crippen LogP contribution in [0.2, 0.25) is 0 Å². The first kappa shape index (κ1) is 25.8. The van der Waals surface area contributed by atoms with Crippen molar-refractivity contribution in [3.63, 3.8) is 0 Å². The Bertz CT molecular complexity index is 2030. The van der Waals surface area contributed by atoms with Crippen molar-refractivity contribution in [2.75, 3.05) is 0 Å². The zero-order chi connectivity index (χ0) is 29.3. The van der Waals surface area contributed by atoms with E-state index in [1.165, 1.54) is 39.8 Å². The van der Waals surface area contributed by atoms with Crippen molar-refractivity contribution in [1.82, 2.24) is 14.5 Å². The molecule has 0 bridgehead atoms. The first-order valence-electron chi connectivity index (χ1n) is 15.3. The van der Waals surface area contributed by atoms with Crippen molar-refractivity contribution in [3.05, 3.63) is 138 Å². The van der Waals surface area contributed by atoms with Crippen LogP contribution in [0.25, 0.3) is 39.2 Å². The molecule has 0 amide bonds. The molecule has 0 saturated heterocycles. The van der Waals surface area contributed by atoms with E-state index in [9.17, 15) is 0 Å². The van der Waals surface area contributed by atoms with E-state index >= 15 is 0 Å². The highest BCUT2D eigenvalue weighted by molar-refractivity contribution is 6.08. The van der Waals surface area contributed by atoms with Gasteiger partial charge in [0.1, 0.15) is 0 Å². The van der Waals surface area contributed by atoms with Crippen LogP contribution in [-0.4, -0.2) is 20.2 Å². The van der Waals surface area contributed by atoms with Gasteiger partial charge in [-0.3, -0.25) is 5.41 Å². The average Bonchev–Trinajstić information content (AvgIpc) is 3.72. The van der Waals surface area contributed by atoms with Gasteiger partial charge in [-0.1, -0.05) is 99.3 Å². The van der Waals surface area contributed by atoms with E-state index in [1.807, 2.05) is 36.4 Å². The number of nitrogens with zero attached hydrogens (tertiary/aromatic N) is 3. The Morgan fingerprint density at radius 2 is 1.88 bits per heavy atom. The standard InChI is InChI=1S/C39H34N4/c1-4-6-18-32(40)36-34-35(41-38(42-36)24-13-8-7-9-14-24)29-21-20-26(23-31(29)39(34,3)5-2)43-33-19-11-10-16-27(33)28-17-12-15-25-22-30(25)37(28)43/h4,6-16,18-21,23,25,30,40H,1,5,17,22H2,2-3H3/b18-6-,40-32?. The zero-order valence-electron chi connectivity index (χ0n) is 24.6. The summed E-state index contributed by atoms with van der Waals surface area (Å²) >= 11 is 0. The van der Waals surface area contributed by atoms with Crippen LogP contribution in [0, 0.1) is 11.3 Å². The molecule has 1 N–H and O–H groups in total. The van der Waals surface area contributed by atoms with E-state index in [0.29, 0.717) is 29.1 Å². The number of nitrogens with one attached hydrogen (secondary N) is 1. The maximum absolute atomic E-state index is 9.08. The van der Waals surface area contributed by atoms with Crippen LogP contribution in [0.15, 0.2) is 110 Å². The molecule has 2 heterocycles. The van der Waals surface area contributed by atoms with E-state index in [2.05, 4.69) is 79.6 Å². The summed E-state index contributed by atoms with van der Waals surface area (Å²) in [4.78, 5) is 10.3. The number of rotatable bonds is 6. The number of hydrogen-bond acceptors (Lipinski definition) is 3. The third-order valence-corrected chi connectivity index (χ3v) is 9.88. The summed E-state index contributed by atoms with van der Waals surface area (Å²) in [7, 11) is 0. The molecule has 3 aliphatic carbocycles. The summed E-state index contributed by atoms with van der Waals surface area (Å²) in [5.74, 6) is 1.87. The molecule has 2 aromatic heterocycles. The number of para-hydroxylation sites is 1. The average molecular weight is 559 g/mol. The molecule has 4 nitrogen and oxygen atoms in total. The van der Waals surface area contributed by atoms with Crippen molar-refractivity contribution in [3.8, 4) is 28.3 Å². The molecule has 5 aromatic rings. The molecule has 3 aromatic carbocycles. The van der Waals surface area contributed by atoms with Gasteiger partial charge in [-0.15, -0.1) is 0 Å². The molecule has 8 rings (SSSR count). The van der Waals surface area contributed by atoms with Gasteiger partial charge in [-0.2, -0.15) is 0 Å². The molecule has 4 heteroatoms. The van der Waals surface area contributed by atoms with Gasteiger partial charge in [0.2, 0.25) is 0 Å². The van der Waals surface area contributed by atoms with Crippen molar-refractivity contribution in [1.29, 1.82) is 5.41 Å².